The minimum absolute atomic E-state index is 0.236. The average molecular weight is 417 g/mol. The van der Waals surface area contributed by atoms with E-state index in [1.54, 1.807) is 24.3 Å². The fourth-order valence-corrected chi connectivity index (χ4v) is 4.90. The molecule has 2 aromatic rings. The summed E-state index contributed by atoms with van der Waals surface area (Å²) in [6, 6.07) is 6.80. The van der Waals surface area contributed by atoms with Crippen molar-refractivity contribution in [1.82, 2.24) is 9.97 Å². The molecule has 1 aromatic carbocycles. The second-order valence-corrected chi connectivity index (χ2v) is 9.47. The number of nitrogens with two attached hydrogens (primary N) is 1. The van der Waals surface area contributed by atoms with E-state index in [9.17, 15) is 13.2 Å². The largest absolute Gasteiger partial charge is 0.381 e. The van der Waals surface area contributed by atoms with E-state index in [1.807, 2.05) is 0 Å². The molecule has 1 aliphatic heterocycles. The Balaban J connectivity index is 1.50. The van der Waals surface area contributed by atoms with Gasteiger partial charge in [0.1, 0.15) is 5.82 Å². The van der Waals surface area contributed by atoms with E-state index in [4.69, 9.17) is 10.5 Å². The molecule has 0 atom stereocenters. The van der Waals surface area contributed by atoms with Gasteiger partial charge in [0.15, 0.2) is 9.84 Å². The lowest BCUT2D eigenvalue weighted by molar-refractivity contribution is 0.0983. The smallest absolute Gasteiger partial charge is 0.254 e. The van der Waals surface area contributed by atoms with Crippen LogP contribution >= 0.6 is 0 Å². The lowest BCUT2D eigenvalue weighted by atomic mass is 10.2. The number of benzene rings is 1. The van der Waals surface area contributed by atoms with Gasteiger partial charge >= 0.3 is 0 Å². The lowest BCUT2D eigenvalue weighted by Gasteiger charge is -2.22. The Morgan fingerprint density at radius 1 is 1.10 bits per heavy atom. The number of amides is 1. The summed E-state index contributed by atoms with van der Waals surface area (Å²) >= 11 is 0. The molecule has 1 aliphatic carbocycles. The van der Waals surface area contributed by atoms with Crippen LogP contribution in [0.1, 0.15) is 36.0 Å². The monoisotopic (exact) mass is 417 g/mol. The van der Waals surface area contributed by atoms with Crippen LogP contribution < -0.4 is 16.4 Å². The molecule has 2 heterocycles. The minimum atomic E-state index is -3.38. The van der Waals surface area contributed by atoms with Crippen LogP contribution in [-0.4, -0.2) is 48.8 Å². The van der Waals surface area contributed by atoms with Crippen LogP contribution in [0.25, 0.3) is 0 Å². The molecule has 29 heavy (non-hydrogen) atoms. The highest BCUT2D eigenvalue weighted by molar-refractivity contribution is 7.92. The predicted molar refractivity (Wildman–Crippen MR) is 108 cm³/mol. The van der Waals surface area contributed by atoms with Crippen LogP contribution in [0.15, 0.2) is 35.4 Å². The maximum atomic E-state index is 12.8. The second-order valence-electron chi connectivity index (χ2n) is 7.24. The Morgan fingerprint density at radius 2 is 1.79 bits per heavy atom. The molecule has 1 saturated heterocycles. The van der Waals surface area contributed by atoms with Gasteiger partial charge in [0.2, 0.25) is 5.95 Å². The lowest BCUT2D eigenvalue weighted by Crippen LogP contribution is -2.28. The number of hydrogen-bond acceptors (Lipinski definition) is 8. The van der Waals surface area contributed by atoms with Crippen molar-refractivity contribution in [3.05, 3.63) is 36.0 Å². The quantitative estimate of drug-likeness (QED) is 0.621. The molecule has 0 unspecified atom stereocenters. The normalized spacial score (nSPS) is 17.7. The van der Waals surface area contributed by atoms with Crippen molar-refractivity contribution >= 4 is 33.2 Å². The highest BCUT2D eigenvalue weighted by Crippen LogP contribution is 2.27. The second kappa shape index (κ2) is 7.96. The predicted octanol–water partition coefficient (Wildman–Crippen LogP) is 1.85. The van der Waals surface area contributed by atoms with Gasteiger partial charge in [-0.15, -0.1) is 0 Å². The molecule has 0 radical (unpaired) electrons. The number of nitrogens with zero attached hydrogens (tertiary/aromatic N) is 2. The molecule has 1 amide bonds. The van der Waals surface area contributed by atoms with E-state index >= 15 is 0 Å². The number of hydrogen-bond donors (Lipinski definition) is 3. The first-order valence-corrected chi connectivity index (χ1v) is 11.1. The Kier molecular flexibility index (Phi) is 5.37. The van der Waals surface area contributed by atoms with Gasteiger partial charge < -0.3 is 21.1 Å². The number of nitrogens with one attached hydrogen (secondary N) is 2. The van der Waals surface area contributed by atoms with Gasteiger partial charge in [-0.2, -0.15) is 4.98 Å². The molecular formula is C19H23N5O4S. The summed E-state index contributed by atoms with van der Waals surface area (Å²) in [5, 5.41) is 5.80. The molecule has 2 aliphatic rings. The molecule has 4 N–H and O–H groups in total. The molecular weight excluding hydrogens is 394 g/mol. The molecule has 2 fully saturated rings. The van der Waals surface area contributed by atoms with Gasteiger partial charge in [0.25, 0.3) is 5.91 Å². The number of carbonyl (C=O) groups excluding carboxylic acids is 1. The van der Waals surface area contributed by atoms with E-state index in [0.29, 0.717) is 43.6 Å². The van der Waals surface area contributed by atoms with Crippen LogP contribution in [0.3, 0.4) is 0 Å². The molecule has 1 aromatic heterocycles. The van der Waals surface area contributed by atoms with E-state index in [2.05, 4.69) is 20.6 Å². The van der Waals surface area contributed by atoms with E-state index in [-0.39, 0.29) is 16.4 Å². The molecule has 10 heteroatoms. The standard InChI is InChI=1S/C19H23N5O4S/c20-17(25)16-11-21-19(24-18(16)22-12-1-2-12)23-13-3-5-14(6-4-13)29(26,27)15-7-9-28-10-8-15/h3-6,11-12,15H,1-2,7-10H2,(H2,20,25)(H2,21,22,23,24). The summed E-state index contributed by atoms with van der Waals surface area (Å²) in [5.74, 6) is 0.0942. The number of anilines is 3. The third-order valence-electron chi connectivity index (χ3n) is 5.02. The number of sulfone groups is 1. The Hall–Kier alpha value is -2.72. The highest BCUT2D eigenvalue weighted by Gasteiger charge is 2.29. The van der Waals surface area contributed by atoms with Gasteiger partial charge in [-0.1, -0.05) is 0 Å². The molecule has 1 saturated carbocycles. The topological polar surface area (TPSA) is 136 Å². The van der Waals surface area contributed by atoms with Crippen molar-refractivity contribution in [3.8, 4) is 0 Å². The van der Waals surface area contributed by atoms with Crippen LogP contribution in [0, 0.1) is 0 Å². The fraction of sp³-hybridized carbons (Fsp3) is 0.421. The molecule has 9 nitrogen and oxygen atoms in total. The van der Waals surface area contributed by atoms with Crippen molar-refractivity contribution in [3.63, 3.8) is 0 Å². The van der Waals surface area contributed by atoms with Gasteiger partial charge in [-0.25, -0.2) is 13.4 Å². The third kappa shape index (κ3) is 4.48. The molecule has 0 spiro atoms. The van der Waals surface area contributed by atoms with Gasteiger partial charge in [-0.05, 0) is 49.9 Å². The summed E-state index contributed by atoms with van der Waals surface area (Å²) in [6.45, 7) is 0.943. The summed E-state index contributed by atoms with van der Waals surface area (Å²) in [6.07, 6.45) is 4.45. The van der Waals surface area contributed by atoms with Crippen molar-refractivity contribution in [2.24, 2.45) is 5.73 Å². The van der Waals surface area contributed by atoms with Crippen LogP contribution in [0.4, 0.5) is 17.5 Å². The first-order valence-electron chi connectivity index (χ1n) is 9.55. The maximum absolute atomic E-state index is 12.8. The zero-order valence-corrected chi connectivity index (χ0v) is 16.6. The number of carbonyl (C=O) groups is 1. The van der Waals surface area contributed by atoms with Crippen LogP contribution in [-0.2, 0) is 14.6 Å². The van der Waals surface area contributed by atoms with Gasteiger partial charge in [-0.3, -0.25) is 4.79 Å². The molecule has 0 bridgehead atoms. The van der Waals surface area contributed by atoms with Gasteiger partial charge in [0, 0.05) is 31.1 Å². The minimum Gasteiger partial charge on any atom is -0.381 e. The third-order valence-corrected chi connectivity index (χ3v) is 7.30. The summed E-state index contributed by atoms with van der Waals surface area (Å²) < 4.78 is 30.8. The number of primary amides is 1. The number of rotatable bonds is 7. The zero-order valence-electron chi connectivity index (χ0n) is 15.8. The van der Waals surface area contributed by atoms with Crippen molar-refractivity contribution < 1.29 is 17.9 Å². The zero-order chi connectivity index (χ0) is 20.4. The van der Waals surface area contributed by atoms with E-state index in [1.165, 1.54) is 6.20 Å². The Morgan fingerprint density at radius 3 is 2.41 bits per heavy atom. The van der Waals surface area contributed by atoms with Crippen LogP contribution in [0.2, 0.25) is 0 Å². The van der Waals surface area contributed by atoms with E-state index < -0.39 is 21.0 Å². The maximum Gasteiger partial charge on any atom is 0.254 e. The Labute approximate surface area is 169 Å². The summed E-state index contributed by atoms with van der Waals surface area (Å²) in [7, 11) is -3.38. The first kappa shape index (κ1) is 19.6. The van der Waals surface area contributed by atoms with Crippen molar-refractivity contribution in [2.75, 3.05) is 23.8 Å². The number of ether oxygens (including phenoxy) is 1. The Bertz CT molecular complexity index is 1000. The summed E-state index contributed by atoms with van der Waals surface area (Å²) in [4.78, 5) is 20.3. The molecule has 4 rings (SSSR count). The molecule has 154 valence electrons. The average Bonchev–Trinajstić information content (AvgIpc) is 3.53. The summed E-state index contributed by atoms with van der Waals surface area (Å²) in [5.41, 5.74) is 6.26. The number of aromatic nitrogens is 2. The van der Waals surface area contributed by atoms with E-state index in [0.717, 1.165) is 12.8 Å². The van der Waals surface area contributed by atoms with Crippen molar-refractivity contribution in [1.29, 1.82) is 0 Å². The first-order chi connectivity index (χ1) is 13.9. The van der Waals surface area contributed by atoms with Crippen molar-refractivity contribution in [2.45, 2.75) is 41.9 Å². The van der Waals surface area contributed by atoms with Gasteiger partial charge in [0.05, 0.1) is 15.7 Å². The van der Waals surface area contributed by atoms with Crippen LogP contribution in [0.5, 0.6) is 0 Å². The highest BCUT2D eigenvalue weighted by atomic mass is 32.2. The SMILES string of the molecule is NC(=O)c1cnc(Nc2ccc(S(=O)(=O)C3CCOCC3)cc2)nc1NC1CC1. The fourth-order valence-electron chi connectivity index (χ4n) is 3.19.